The van der Waals surface area contributed by atoms with Crippen LogP contribution in [0, 0.1) is 13.8 Å². The van der Waals surface area contributed by atoms with Crippen molar-refractivity contribution < 1.29 is 0 Å². The molecule has 3 rings (SSSR count). The number of thiol groups is 1. The number of nitrogens with one attached hydrogen (secondary N) is 2. The zero-order chi connectivity index (χ0) is 22.4. The van der Waals surface area contributed by atoms with E-state index < -0.39 is 0 Å². The number of benzene rings is 3. The number of aliphatic imine (C=N–C) groups is 2. The summed E-state index contributed by atoms with van der Waals surface area (Å²) in [4.78, 5) is 9.48. The highest BCUT2D eigenvalue weighted by atomic mass is 32.1. The van der Waals surface area contributed by atoms with Crippen LogP contribution in [0.2, 0.25) is 0 Å². The summed E-state index contributed by atoms with van der Waals surface area (Å²) in [6, 6.07) is 20.5. The van der Waals surface area contributed by atoms with Gasteiger partial charge in [-0.1, -0.05) is 38.3 Å². The molecule has 0 saturated carbocycles. The molecule has 0 aromatic heterocycles. The molecule has 0 atom stereocenters. The fourth-order valence-corrected chi connectivity index (χ4v) is 3.52. The Hall–Kier alpha value is -3.31. The van der Waals surface area contributed by atoms with Crippen molar-refractivity contribution >= 4 is 41.8 Å². The van der Waals surface area contributed by atoms with E-state index in [0.29, 0.717) is 0 Å². The van der Waals surface area contributed by atoms with Gasteiger partial charge >= 0.3 is 0 Å². The Morgan fingerprint density at radius 1 is 0.938 bits per heavy atom. The van der Waals surface area contributed by atoms with Gasteiger partial charge < -0.3 is 10.6 Å². The van der Waals surface area contributed by atoms with Crippen molar-refractivity contribution in [3.05, 3.63) is 95.1 Å². The van der Waals surface area contributed by atoms with E-state index in [1.807, 2.05) is 30.3 Å². The van der Waals surface area contributed by atoms with Crippen molar-refractivity contribution in [2.75, 3.05) is 24.7 Å². The standard InChI is InChI=1S/C26H28N4S.CH4/c1-17-9-10-20(13-18(17)2)19(3)30-22-8-6-7-21(14-22)26(28-5)24-12-11-23(31)15-25(24)29-16-27-4;/h6-16,30-31H,3H2,1-2,4-5H3,(H,27,29);1H4. The molecule has 32 heavy (non-hydrogen) atoms. The highest BCUT2D eigenvalue weighted by Crippen LogP contribution is 2.26. The summed E-state index contributed by atoms with van der Waals surface area (Å²) < 4.78 is 0. The van der Waals surface area contributed by atoms with E-state index in [2.05, 4.69) is 84.0 Å². The second kappa shape index (κ2) is 11.3. The van der Waals surface area contributed by atoms with Crippen LogP contribution in [0.15, 0.2) is 82.1 Å². The van der Waals surface area contributed by atoms with Gasteiger partial charge in [0.1, 0.15) is 0 Å². The molecule has 0 saturated heterocycles. The molecule has 4 nitrogen and oxygen atoms in total. The Labute approximate surface area is 197 Å². The highest BCUT2D eigenvalue weighted by Gasteiger charge is 2.12. The molecular weight excluding hydrogens is 412 g/mol. The minimum Gasteiger partial charge on any atom is -0.356 e. The van der Waals surface area contributed by atoms with Crippen LogP contribution >= 0.6 is 12.6 Å². The van der Waals surface area contributed by atoms with Crippen LogP contribution in [0.25, 0.3) is 5.70 Å². The molecule has 0 radical (unpaired) electrons. The topological polar surface area (TPSA) is 48.8 Å². The SMILES string of the molecule is C.C=C(Nc1cccc(C(=NC)c2ccc(S)cc2NC=NC)c1)c1ccc(C)c(C)c1. The first kappa shape index (κ1) is 25.0. The molecule has 0 aliphatic heterocycles. The summed E-state index contributed by atoms with van der Waals surface area (Å²) in [7, 11) is 3.53. The summed E-state index contributed by atoms with van der Waals surface area (Å²) in [5.41, 5.74) is 9.16. The first-order valence-electron chi connectivity index (χ1n) is 10.0. The van der Waals surface area contributed by atoms with Gasteiger partial charge in [0.05, 0.1) is 12.1 Å². The van der Waals surface area contributed by atoms with Crippen LogP contribution in [0.1, 0.15) is 35.2 Å². The predicted octanol–water partition coefficient (Wildman–Crippen LogP) is 6.85. The highest BCUT2D eigenvalue weighted by molar-refractivity contribution is 7.80. The lowest BCUT2D eigenvalue weighted by Gasteiger charge is -2.15. The number of hydrogen-bond acceptors (Lipinski definition) is 4. The van der Waals surface area contributed by atoms with E-state index in [0.717, 1.165) is 44.4 Å². The Balaban J connectivity index is 0.00000363. The summed E-state index contributed by atoms with van der Waals surface area (Å²) in [6.45, 7) is 8.45. The fourth-order valence-electron chi connectivity index (χ4n) is 3.32. The summed E-state index contributed by atoms with van der Waals surface area (Å²) in [5, 5.41) is 6.65. The molecule has 5 heteroatoms. The van der Waals surface area contributed by atoms with E-state index in [4.69, 9.17) is 0 Å². The Morgan fingerprint density at radius 3 is 2.41 bits per heavy atom. The first-order chi connectivity index (χ1) is 14.9. The van der Waals surface area contributed by atoms with Crippen molar-refractivity contribution in [3.8, 4) is 0 Å². The van der Waals surface area contributed by atoms with Crippen molar-refractivity contribution in [2.24, 2.45) is 9.98 Å². The summed E-state index contributed by atoms with van der Waals surface area (Å²) in [5.74, 6) is 0. The van der Waals surface area contributed by atoms with E-state index in [9.17, 15) is 0 Å². The average Bonchev–Trinajstić information content (AvgIpc) is 2.76. The molecular formula is C27H32N4S. The van der Waals surface area contributed by atoms with Crippen molar-refractivity contribution in [1.29, 1.82) is 0 Å². The van der Waals surface area contributed by atoms with E-state index in [1.165, 1.54) is 11.1 Å². The number of aryl methyl sites for hydroxylation is 2. The number of rotatable bonds is 7. The monoisotopic (exact) mass is 444 g/mol. The predicted molar refractivity (Wildman–Crippen MR) is 145 cm³/mol. The second-order valence-corrected chi connectivity index (χ2v) is 7.83. The van der Waals surface area contributed by atoms with Crippen molar-refractivity contribution in [1.82, 2.24) is 0 Å². The lowest BCUT2D eigenvalue weighted by molar-refractivity contribution is 1.33. The van der Waals surface area contributed by atoms with Gasteiger partial charge in [0.2, 0.25) is 0 Å². The lowest BCUT2D eigenvalue weighted by Crippen LogP contribution is -2.09. The lowest BCUT2D eigenvalue weighted by atomic mass is 9.99. The molecule has 166 valence electrons. The summed E-state index contributed by atoms with van der Waals surface area (Å²) >= 11 is 4.47. The van der Waals surface area contributed by atoms with Gasteiger partial charge in [-0.05, 0) is 66.9 Å². The molecule has 0 fully saturated rings. The molecule has 0 spiro atoms. The number of nitrogens with zero attached hydrogens (tertiary/aromatic N) is 2. The molecule has 0 aliphatic carbocycles. The van der Waals surface area contributed by atoms with E-state index in [1.54, 1.807) is 20.4 Å². The van der Waals surface area contributed by atoms with Crippen LogP contribution in [-0.4, -0.2) is 26.1 Å². The third-order valence-corrected chi connectivity index (χ3v) is 5.40. The third-order valence-electron chi connectivity index (χ3n) is 5.12. The number of hydrogen-bond donors (Lipinski definition) is 3. The third kappa shape index (κ3) is 5.89. The van der Waals surface area contributed by atoms with Gasteiger partial charge in [0.25, 0.3) is 0 Å². The normalized spacial score (nSPS) is 11.2. The maximum Gasteiger partial charge on any atom is 0.0864 e. The molecule has 2 N–H and O–H groups in total. The average molecular weight is 445 g/mol. The maximum absolute atomic E-state index is 4.58. The smallest absolute Gasteiger partial charge is 0.0864 e. The minimum absolute atomic E-state index is 0. The molecule has 0 heterocycles. The minimum atomic E-state index is 0. The van der Waals surface area contributed by atoms with Gasteiger partial charge in [0, 0.05) is 47.2 Å². The van der Waals surface area contributed by atoms with Crippen LogP contribution in [0.3, 0.4) is 0 Å². The van der Waals surface area contributed by atoms with E-state index in [-0.39, 0.29) is 7.43 Å². The molecule has 0 bridgehead atoms. The van der Waals surface area contributed by atoms with Gasteiger partial charge in [-0.3, -0.25) is 9.98 Å². The Kier molecular flexibility index (Phi) is 8.85. The largest absolute Gasteiger partial charge is 0.356 e. The van der Waals surface area contributed by atoms with Crippen LogP contribution in [0.4, 0.5) is 11.4 Å². The molecule has 3 aromatic carbocycles. The first-order valence-corrected chi connectivity index (χ1v) is 10.5. The quantitative estimate of drug-likeness (QED) is 0.212. The van der Waals surface area contributed by atoms with Crippen molar-refractivity contribution in [2.45, 2.75) is 26.2 Å². The maximum atomic E-state index is 4.58. The molecule has 0 unspecified atom stereocenters. The van der Waals surface area contributed by atoms with Crippen molar-refractivity contribution in [3.63, 3.8) is 0 Å². The fraction of sp³-hybridized carbons (Fsp3) is 0.185. The van der Waals surface area contributed by atoms with Crippen LogP contribution in [-0.2, 0) is 0 Å². The summed E-state index contributed by atoms with van der Waals surface area (Å²) in [6.07, 6.45) is 1.66. The Bertz CT molecular complexity index is 1160. The zero-order valence-corrected chi connectivity index (χ0v) is 19.3. The molecule has 0 aliphatic rings. The van der Waals surface area contributed by atoms with Crippen LogP contribution < -0.4 is 10.6 Å². The van der Waals surface area contributed by atoms with Gasteiger partial charge in [-0.25, -0.2) is 0 Å². The van der Waals surface area contributed by atoms with Gasteiger partial charge in [-0.15, -0.1) is 12.6 Å². The van der Waals surface area contributed by atoms with Crippen LogP contribution in [0.5, 0.6) is 0 Å². The number of anilines is 2. The molecule has 3 aromatic rings. The molecule has 0 amide bonds. The van der Waals surface area contributed by atoms with Gasteiger partial charge in [0.15, 0.2) is 0 Å². The zero-order valence-electron chi connectivity index (χ0n) is 18.4. The van der Waals surface area contributed by atoms with E-state index >= 15 is 0 Å². The van der Waals surface area contributed by atoms with Gasteiger partial charge in [-0.2, -0.15) is 0 Å². The Morgan fingerprint density at radius 2 is 1.72 bits per heavy atom. The second-order valence-electron chi connectivity index (χ2n) is 7.32.